The molecule has 0 bridgehead atoms. The first-order valence-corrected chi connectivity index (χ1v) is 47.3. The van der Waals surface area contributed by atoms with Gasteiger partial charge in [0.2, 0.25) is 22.8 Å². The molecule has 3 unspecified atom stereocenters. The molecule has 2 aliphatic carbocycles. The zero-order valence-corrected chi connectivity index (χ0v) is 81.7. The van der Waals surface area contributed by atoms with Crippen molar-refractivity contribution in [1.29, 1.82) is 0 Å². The third-order valence-corrected chi connectivity index (χ3v) is 30.3. The highest BCUT2D eigenvalue weighted by Gasteiger charge is 2.57. The van der Waals surface area contributed by atoms with Gasteiger partial charge in [-0.25, -0.2) is 15.0 Å². The van der Waals surface area contributed by atoms with Crippen LogP contribution in [-0.4, -0.2) is 63.7 Å². The maximum Gasteiger partial charge on any atom is 0.238 e. The summed E-state index contributed by atoms with van der Waals surface area (Å²) in [6.45, 7) is 37.0. The van der Waals surface area contributed by atoms with Crippen molar-refractivity contribution < 1.29 is 43.7 Å². The van der Waals surface area contributed by atoms with Gasteiger partial charge in [0, 0.05) is 136 Å². The fourth-order valence-electron chi connectivity index (χ4n) is 22.9. The van der Waals surface area contributed by atoms with Crippen LogP contribution in [0, 0.1) is 71.6 Å². The van der Waals surface area contributed by atoms with E-state index in [4.69, 9.17) is 24.2 Å². The van der Waals surface area contributed by atoms with E-state index >= 15 is 0 Å². The lowest BCUT2D eigenvalue weighted by Crippen LogP contribution is -2.51. The number of furan rings is 3. The lowest BCUT2D eigenvalue weighted by Gasteiger charge is -2.46. The number of pyridine rings is 3. The standard InChI is InChI=1S/C25H32N2O.C24H30N2O.C22H28N2O.C17H23N2.C17H17N2.C11H13N2/c1-16-9-11-19-20-12-10-17(2)26-23(20)28-22(19)21(16)27-18(3)25(15-24(27,4)5)13-7-6-8-14-25;1-16-10-11-18-19-9-8-14-25-22(19)27-21(18)20(16)26-17(2)24(15-23(26,3)4)12-6-5-7-13-24;1-13-8-10-16-17-11-9-14(2)23-20(17)25-19(16)18(13)24-15(3)21(4,5)12-22(24,6)7;1-12-8-7-9-13-15(12)19-14(10-11-18(19)6)17(4,5)16(13,2)3;1-14-8-6-7-11-16(14)19-13-12-17(18(19)2)15-9-4-3-5-10-15;1-10-6-3-4-7-11(10)13-9-5-8-12(13)2/h9-12,18H,6-8,13-15H2,1-5H3;8-11,14,17H,5-7,12-13,15H2,1-4H3;8-11,15H,12H2,1-7H3;7-11H,1-6H3;3-13H,1-2H3;3-9H,1-2H3/q;;;3*+1/i2*15D2;4D3,5D3,12D2;;;. The van der Waals surface area contributed by atoms with E-state index in [-0.39, 0.29) is 33.7 Å². The second-order valence-corrected chi connectivity index (χ2v) is 40.8. The fourth-order valence-corrected chi connectivity index (χ4v) is 22.9. The van der Waals surface area contributed by atoms with Crippen LogP contribution in [0.25, 0.3) is 94.5 Å². The smallest absolute Gasteiger partial charge is 0.238 e. The molecular weight excluding hydrogens is 1610 g/mol. The van der Waals surface area contributed by atoms with Crippen molar-refractivity contribution >= 4 is 83.3 Å². The summed E-state index contributed by atoms with van der Waals surface area (Å²) in [6.07, 6.45) is 15.7. The average Bonchev–Trinajstić information content (AvgIpc) is 1.49. The maximum absolute atomic E-state index is 9.34. The summed E-state index contributed by atoms with van der Waals surface area (Å²) in [4.78, 5) is 19.8. The minimum absolute atomic E-state index is 0.0926. The van der Waals surface area contributed by atoms with Crippen LogP contribution in [0.3, 0.4) is 0 Å². The summed E-state index contributed by atoms with van der Waals surface area (Å²) >= 11 is 0. The van der Waals surface area contributed by atoms with Gasteiger partial charge in [-0.2, -0.15) is 0 Å². The van der Waals surface area contributed by atoms with E-state index in [0.29, 0.717) is 28.4 Å². The van der Waals surface area contributed by atoms with E-state index in [1.165, 1.54) is 76.0 Å². The van der Waals surface area contributed by atoms with Gasteiger partial charge in [0.05, 0.1) is 35.1 Å². The Morgan fingerprint density at radius 2 is 0.824 bits per heavy atom. The predicted molar refractivity (Wildman–Crippen MR) is 541 cm³/mol. The predicted octanol–water partition coefficient (Wildman–Crippen LogP) is 27.6. The van der Waals surface area contributed by atoms with Crippen LogP contribution in [0.4, 0.5) is 17.1 Å². The first-order chi connectivity index (χ1) is 67.1. The number of para-hydroxylation sites is 3. The lowest BCUT2D eigenvalue weighted by atomic mass is 9.60. The minimum atomic E-state index is -3.10. The first kappa shape index (κ1) is 77.1. The molecule has 3 saturated heterocycles. The Morgan fingerprint density at radius 3 is 1.31 bits per heavy atom. The monoisotopic (exact) mass is 1760 g/mol. The van der Waals surface area contributed by atoms with Crippen LogP contribution in [-0.2, 0) is 32.0 Å². The molecular formula is C116H143N12O3+3. The zero-order chi connectivity index (χ0) is 104. The molecule has 13 heterocycles. The first-order valence-electron chi connectivity index (χ1n) is 53.3. The van der Waals surface area contributed by atoms with E-state index in [0.717, 1.165) is 134 Å². The van der Waals surface area contributed by atoms with Gasteiger partial charge in [-0.1, -0.05) is 189 Å². The number of hydrogen-bond donors (Lipinski definition) is 0. The maximum atomic E-state index is 9.34. The average molecular weight is 1770 g/mol. The van der Waals surface area contributed by atoms with Crippen molar-refractivity contribution in [2.24, 2.45) is 37.4 Å². The largest absolute Gasteiger partial charge is 0.436 e. The summed E-state index contributed by atoms with van der Waals surface area (Å²) in [6, 6.07) is 63.5. The Bertz CT molecular complexity index is 7480. The number of aromatic nitrogens is 9. The van der Waals surface area contributed by atoms with Crippen LogP contribution < -0.4 is 28.7 Å². The van der Waals surface area contributed by atoms with Gasteiger partial charge >= 0.3 is 0 Å². The van der Waals surface area contributed by atoms with E-state index in [2.05, 4.69) is 323 Å². The molecule has 3 atom stereocenters. The van der Waals surface area contributed by atoms with Crippen LogP contribution in [0.5, 0.6) is 0 Å². The zero-order valence-electron chi connectivity index (χ0n) is 93.7. The topological polar surface area (TPSA) is 114 Å². The fraction of sp³-hybridized carbons (Fsp3) is 0.431. The Kier molecular flexibility index (Phi) is 20.3. The number of benzene rings is 7. The van der Waals surface area contributed by atoms with Gasteiger partial charge in [0.25, 0.3) is 0 Å². The van der Waals surface area contributed by atoms with Crippen LogP contribution in [0.1, 0.15) is 260 Å². The van der Waals surface area contributed by atoms with Gasteiger partial charge in [-0.15, -0.1) is 28.1 Å². The second kappa shape index (κ2) is 34.5. The Hall–Kier alpha value is -11.6. The summed E-state index contributed by atoms with van der Waals surface area (Å²) in [7, 11) is 6.25. The van der Waals surface area contributed by atoms with Gasteiger partial charge in [-0.05, 0) is 278 Å². The second-order valence-electron chi connectivity index (χ2n) is 40.8. The van der Waals surface area contributed by atoms with Gasteiger partial charge in [0.1, 0.15) is 17.1 Å². The van der Waals surface area contributed by atoms with Gasteiger partial charge < -0.3 is 28.0 Å². The molecule has 9 aromatic heterocycles. The summed E-state index contributed by atoms with van der Waals surface area (Å²) in [5.41, 5.74) is 18.2. The highest BCUT2D eigenvalue weighted by molar-refractivity contribution is 6.11. The van der Waals surface area contributed by atoms with Crippen molar-refractivity contribution in [1.82, 2.24) is 29.0 Å². The number of anilines is 3. The van der Waals surface area contributed by atoms with Crippen molar-refractivity contribution in [2.75, 3.05) is 14.7 Å². The molecule has 2 spiro atoms. The van der Waals surface area contributed by atoms with E-state index < -0.39 is 60.9 Å². The number of aryl methyl sites for hydroxylation is 10. The Morgan fingerprint density at radius 1 is 0.382 bits per heavy atom. The molecule has 4 aliphatic heterocycles. The van der Waals surface area contributed by atoms with Crippen molar-refractivity contribution in [3.05, 3.63) is 275 Å². The van der Waals surface area contributed by atoms with E-state index in [9.17, 15) is 5.48 Å². The molecule has 7 aromatic carbocycles. The highest BCUT2D eigenvalue weighted by Crippen LogP contribution is 2.60. The molecule has 22 rings (SSSR count). The quantitative estimate of drug-likeness (QED) is 0.150. The summed E-state index contributed by atoms with van der Waals surface area (Å²) in [5, 5.41) is 5.69. The van der Waals surface area contributed by atoms with E-state index in [1.54, 1.807) is 24.9 Å². The van der Waals surface area contributed by atoms with Crippen molar-refractivity contribution in [2.45, 2.75) is 288 Å². The molecule has 0 radical (unpaired) electrons. The normalized spacial score (nSPS) is 22.4. The molecule has 16 aromatic rings. The molecule has 131 heavy (non-hydrogen) atoms. The molecule has 682 valence electrons. The van der Waals surface area contributed by atoms with Crippen LogP contribution in [0.15, 0.2) is 232 Å². The van der Waals surface area contributed by atoms with Crippen molar-refractivity contribution in [3.8, 4) is 28.3 Å². The molecule has 5 fully saturated rings. The third kappa shape index (κ3) is 16.1. The number of fused-ring (bicyclic) bond motifs is 12. The van der Waals surface area contributed by atoms with Crippen LogP contribution in [0.2, 0.25) is 0 Å². The number of hydrogen-bond acceptors (Lipinski definition) is 9. The SMILES string of the molecule is Cc1cccc2c1-n1c(cc[n+]1C)C(C)(C)C2(C)C.Cc1ccccc1-n1ccc(-c2ccccc2)[n+]1C.Cc1ccccc1-n1ccc[n+]1C.[2H]C([2H])([2H])C1(C([2H])([2H])[2H])C(C)N(c2c(C)ccc3c2oc2nc(C)ccc23)C(C)(C)C1([2H])[2H].[2H]C1([2H])C2(CCCCC2)C(C)N(c2c(C)ccc3c2oc2nc(C)ccc23)C1(C)C.[2H]C1([2H])C2(CCCCC2)C(C)N(c2c(C)ccc3c2oc2ncccc23)C1(C)C. The third-order valence-electron chi connectivity index (χ3n) is 30.3. The Balaban J connectivity index is 0.000000120. The summed E-state index contributed by atoms with van der Waals surface area (Å²) in [5.74, 6) is 0. The van der Waals surface area contributed by atoms with Gasteiger partial charge in [0.15, 0.2) is 50.3 Å². The van der Waals surface area contributed by atoms with E-state index in [1.807, 2.05) is 88.6 Å². The molecule has 0 N–H and O–H groups in total. The molecule has 2 saturated carbocycles. The van der Waals surface area contributed by atoms with Crippen LogP contribution >= 0.6 is 0 Å². The number of nitrogens with zero attached hydrogens (tertiary/aromatic N) is 12. The summed E-state index contributed by atoms with van der Waals surface area (Å²) < 4.78 is 137. The lowest BCUT2D eigenvalue weighted by molar-refractivity contribution is -0.745. The number of rotatable bonds is 6. The highest BCUT2D eigenvalue weighted by atomic mass is 16.3. The molecule has 15 nitrogen and oxygen atoms in total. The Labute approximate surface area is 795 Å². The molecule has 15 heteroatoms. The minimum Gasteiger partial charge on any atom is -0.436 e. The molecule has 0 amide bonds. The van der Waals surface area contributed by atoms with Crippen molar-refractivity contribution in [3.63, 3.8) is 0 Å². The van der Waals surface area contributed by atoms with Gasteiger partial charge in [-0.3, -0.25) is 0 Å². The molecule has 6 aliphatic rings.